The molecule has 1 saturated carbocycles. The van der Waals surface area contributed by atoms with Gasteiger partial charge in [0, 0.05) is 22.4 Å². The number of Topliss-reactive ketones (excluding diaryl/α,β-unsaturated/α-hetero) is 1. The van der Waals surface area contributed by atoms with Gasteiger partial charge in [-0.05, 0) is 43.4 Å². The standard InChI is InChI=1S/C25H25NO5S2/c1-25(8-9-25)33(29,30)14-22(27)20-5-3-2-4-19(20)16-6-7-21-23(11-16)31-12-17(24(21)28)10-18-13-32-15-26-18/h2-7,11,13,15,17,24,28H,8-10,12,14H2,1H3/t17-,24+/m0/s1. The number of ether oxygens (including phenoxy) is 1. The number of carbonyl (C=O) groups excluding carboxylic acids is 1. The second kappa shape index (κ2) is 8.34. The summed E-state index contributed by atoms with van der Waals surface area (Å²) < 4.78 is 30.5. The van der Waals surface area contributed by atoms with Crippen molar-refractivity contribution >= 4 is 27.0 Å². The van der Waals surface area contributed by atoms with Gasteiger partial charge >= 0.3 is 0 Å². The number of aromatic nitrogens is 1. The molecule has 2 aromatic carbocycles. The van der Waals surface area contributed by atoms with Crippen LogP contribution < -0.4 is 4.74 Å². The Bertz CT molecular complexity index is 1300. The van der Waals surface area contributed by atoms with E-state index in [2.05, 4.69) is 4.98 Å². The van der Waals surface area contributed by atoms with Crippen molar-refractivity contribution in [3.63, 3.8) is 0 Å². The molecule has 0 spiro atoms. The molecule has 0 bridgehead atoms. The maximum atomic E-state index is 13.0. The number of benzene rings is 2. The van der Waals surface area contributed by atoms with Gasteiger partial charge in [0.05, 0.1) is 28.7 Å². The number of sulfone groups is 1. The highest BCUT2D eigenvalue weighted by atomic mass is 32.2. The number of nitrogens with zero attached hydrogens (tertiary/aromatic N) is 1. The molecule has 1 aliphatic heterocycles. The largest absolute Gasteiger partial charge is 0.493 e. The fourth-order valence-electron chi connectivity index (χ4n) is 4.28. The molecule has 0 unspecified atom stereocenters. The molecule has 0 amide bonds. The van der Waals surface area contributed by atoms with Crippen LogP contribution in [0.4, 0.5) is 0 Å². The second-order valence-electron chi connectivity index (χ2n) is 9.13. The summed E-state index contributed by atoms with van der Waals surface area (Å²) >= 11 is 1.53. The van der Waals surface area contributed by atoms with E-state index in [9.17, 15) is 18.3 Å². The van der Waals surface area contributed by atoms with Crippen LogP contribution in [0.25, 0.3) is 11.1 Å². The summed E-state index contributed by atoms with van der Waals surface area (Å²) in [7, 11) is -3.49. The third kappa shape index (κ3) is 4.23. The van der Waals surface area contributed by atoms with Crippen molar-refractivity contribution in [3.05, 3.63) is 70.2 Å². The van der Waals surface area contributed by atoms with Crippen molar-refractivity contribution in [1.29, 1.82) is 0 Å². The number of rotatable bonds is 7. The molecule has 2 aliphatic rings. The topological polar surface area (TPSA) is 93.6 Å². The molecule has 2 heterocycles. The van der Waals surface area contributed by atoms with Gasteiger partial charge in [-0.15, -0.1) is 11.3 Å². The third-order valence-corrected chi connectivity index (χ3v) is 9.94. The maximum Gasteiger partial charge on any atom is 0.178 e. The number of fused-ring (bicyclic) bond motifs is 1. The normalized spacial score (nSPS) is 21.2. The summed E-state index contributed by atoms with van der Waals surface area (Å²) in [5, 5.41) is 12.9. The van der Waals surface area contributed by atoms with Gasteiger partial charge in [-0.2, -0.15) is 0 Å². The van der Waals surface area contributed by atoms with Crippen LogP contribution in [0, 0.1) is 5.92 Å². The zero-order valence-electron chi connectivity index (χ0n) is 18.2. The first-order valence-electron chi connectivity index (χ1n) is 10.9. The minimum Gasteiger partial charge on any atom is -0.493 e. The summed E-state index contributed by atoms with van der Waals surface area (Å²) in [5.41, 5.74) is 5.21. The molecule has 0 saturated heterocycles. The van der Waals surface area contributed by atoms with Crippen LogP contribution in [0.1, 0.15) is 47.5 Å². The predicted octanol–water partition coefficient (Wildman–Crippen LogP) is 4.24. The molecule has 0 radical (unpaired) electrons. The Labute approximate surface area is 197 Å². The van der Waals surface area contributed by atoms with Crippen LogP contribution in [0.3, 0.4) is 0 Å². The fourth-order valence-corrected chi connectivity index (χ4v) is 6.42. The number of aliphatic hydroxyl groups excluding tert-OH is 1. The summed E-state index contributed by atoms with van der Waals surface area (Å²) in [6, 6.07) is 12.5. The van der Waals surface area contributed by atoms with Crippen LogP contribution in [-0.2, 0) is 16.3 Å². The van der Waals surface area contributed by atoms with Gasteiger partial charge in [-0.1, -0.05) is 36.4 Å². The van der Waals surface area contributed by atoms with Crippen LogP contribution in [0.2, 0.25) is 0 Å². The molecular weight excluding hydrogens is 458 g/mol. The Morgan fingerprint density at radius 3 is 2.76 bits per heavy atom. The van der Waals surface area contributed by atoms with Gasteiger partial charge in [-0.25, -0.2) is 13.4 Å². The van der Waals surface area contributed by atoms with Gasteiger partial charge in [0.2, 0.25) is 0 Å². The lowest BCUT2D eigenvalue weighted by atomic mass is 9.88. The van der Waals surface area contributed by atoms with E-state index in [1.165, 1.54) is 11.3 Å². The monoisotopic (exact) mass is 483 g/mol. The van der Waals surface area contributed by atoms with E-state index >= 15 is 0 Å². The van der Waals surface area contributed by atoms with Gasteiger partial charge < -0.3 is 9.84 Å². The lowest BCUT2D eigenvalue weighted by molar-refractivity contribution is 0.0504. The van der Waals surface area contributed by atoms with Gasteiger partial charge in [0.15, 0.2) is 15.6 Å². The van der Waals surface area contributed by atoms with Crippen molar-refractivity contribution in [2.45, 2.75) is 37.0 Å². The van der Waals surface area contributed by atoms with Crippen LogP contribution in [0.5, 0.6) is 5.75 Å². The zero-order valence-corrected chi connectivity index (χ0v) is 19.9. The lowest BCUT2D eigenvalue weighted by Gasteiger charge is -2.30. The number of carbonyl (C=O) groups is 1. The van der Waals surface area contributed by atoms with E-state index in [0.717, 1.165) is 11.3 Å². The molecule has 8 heteroatoms. The second-order valence-corrected chi connectivity index (χ2v) is 12.4. The van der Waals surface area contributed by atoms with Crippen molar-refractivity contribution in [2.75, 3.05) is 12.4 Å². The minimum absolute atomic E-state index is 0.0895. The average molecular weight is 484 g/mol. The number of aliphatic hydroxyl groups is 1. The Balaban J connectivity index is 1.41. The number of ketones is 1. The summed E-state index contributed by atoms with van der Waals surface area (Å²) in [5.74, 6) is -0.400. The first kappa shape index (κ1) is 22.3. The van der Waals surface area contributed by atoms with E-state index in [1.807, 2.05) is 35.7 Å². The number of hydrogen-bond donors (Lipinski definition) is 1. The molecule has 2 atom stereocenters. The highest BCUT2D eigenvalue weighted by molar-refractivity contribution is 7.93. The zero-order chi connectivity index (χ0) is 23.2. The van der Waals surface area contributed by atoms with Gasteiger partial charge in [0.25, 0.3) is 0 Å². The molecular formula is C25H25NO5S2. The van der Waals surface area contributed by atoms with E-state index < -0.39 is 32.2 Å². The quantitative estimate of drug-likeness (QED) is 0.505. The molecule has 6 nitrogen and oxygen atoms in total. The molecule has 33 heavy (non-hydrogen) atoms. The highest BCUT2D eigenvalue weighted by Crippen LogP contribution is 2.44. The van der Waals surface area contributed by atoms with E-state index in [4.69, 9.17) is 4.74 Å². The Kier molecular flexibility index (Phi) is 5.63. The Hall–Kier alpha value is -2.55. The van der Waals surface area contributed by atoms with E-state index in [1.54, 1.807) is 24.6 Å². The summed E-state index contributed by atoms with van der Waals surface area (Å²) in [4.78, 5) is 17.3. The van der Waals surface area contributed by atoms with Crippen molar-refractivity contribution in [3.8, 4) is 16.9 Å². The van der Waals surface area contributed by atoms with Gasteiger partial charge in [-0.3, -0.25) is 4.79 Å². The van der Waals surface area contributed by atoms with Crippen LogP contribution >= 0.6 is 11.3 Å². The summed E-state index contributed by atoms with van der Waals surface area (Å²) in [6.45, 7) is 2.07. The van der Waals surface area contributed by atoms with Crippen LogP contribution in [-0.4, -0.2) is 41.4 Å². The number of thiazole rings is 1. The van der Waals surface area contributed by atoms with Crippen molar-refractivity contribution < 1.29 is 23.1 Å². The maximum absolute atomic E-state index is 13.0. The lowest BCUT2D eigenvalue weighted by Crippen LogP contribution is -2.28. The first-order chi connectivity index (χ1) is 15.8. The molecule has 1 N–H and O–H groups in total. The molecule has 1 aliphatic carbocycles. The third-order valence-electron chi connectivity index (χ3n) is 6.75. The first-order valence-corrected chi connectivity index (χ1v) is 13.5. The molecule has 5 rings (SSSR count). The molecule has 172 valence electrons. The number of hydrogen-bond acceptors (Lipinski definition) is 7. The highest BCUT2D eigenvalue weighted by Gasteiger charge is 2.50. The van der Waals surface area contributed by atoms with Crippen LogP contribution in [0.15, 0.2) is 53.4 Å². The average Bonchev–Trinajstić information content (AvgIpc) is 3.36. The Morgan fingerprint density at radius 2 is 2.03 bits per heavy atom. The van der Waals surface area contributed by atoms with Gasteiger partial charge in [0.1, 0.15) is 11.5 Å². The smallest absolute Gasteiger partial charge is 0.178 e. The molecule has 1 aromatic heterocycles. The fraction of sp³-hybridized carbons (Fsp3) is 0.360. The van der Waals surface area contributed by atoms with Crippen molar-refractivity contribution in [2.24, 2.45) is 5.92 Å². The predicted molar refractivity (Wildman–Crippen MR) is 127 cm³/mol. The van der Waals surface area contributed by atoms with E-state index in [0.29, 0.717) is 48.3 Å². The SMILES string of the molecule is CC1(S(=O)(=O)CC(=O)c2ccccc2-c2ccc3c(c2)OC[C@H](Cc2cscn2)[C@H]3O)CC1. The summed E-state index contributed by atoms with van der Waals surface area (Å²) in [6.07, 6.45) is 1.18. The Morgan fingerprint density at radius 1 is 1.24 bits per heavy atom. The molecule has 1 fully saturated rings. The van der Waals surface area contributed by atoms with Crippen molar-refractivity contribution in [1.82, 2.24) is 4.98 Å². The van der Waals surface area contributed by atoms with E-state index in [-0.39, 0.29) is 5.92 Å². The molecule has 3 aromatic rings. The minimum atomic E-state index is -3.49.